The molecule has 0 unspecified atom stereocenters. The van der Waals surface area contributed by atoms with Gasteiger partial charge in [-0.2, -0.15) is 0 Å². The van der Waals surface area contributed by atoms with Crippen LogP contribution < -0.4 is 24.6 Å². The van der Waals surface area contributed by atoms with Crippen molar-refractivity contribution < 1.29 is 24.1 Å². The van der Waals surface area contributed by atoms with E-state index in [1.54, 1.807) is 13.2 Å². The first-order valence-electron chi connectivity index (χ1n) is 13.4. The number of hydrogen-bond donors (Lipinski definition) is 1. The summed E-state index contributed by atoms with van der Waals surface area (Å²) in [4.78, 5) is 2.49. The van der Waals surface area contributed by atoms with E-state index in [1.807, 2.05) is 24.3 Å². The Hall–Kier alpha value is -3.22. The van der Waals surface area contributed by atoms with E-state index in [2.05, 4.69) is 23.1 Å². The van der Waals surface area contributed by atoms with Gasteiger partial charge in [0.1, 0.15) is 29.6 Å². The predicted molar refractivity (Wildman–Crippen MR) is 144 cm³/mol. The molecule has 0 spiro atoms. The lowest BCUT2D eigenvalue weighted by Gasteiger charge is -2.28. The van der Waals surface area contributed by atoms with Gasteiger partial charge in [-0.1, -0.05) is 24.6 Å². The molecule has 3 heterocycles. The summed E-state index contributed by atoms with van der Waals surface area (Å²) in [5, 5.41) is 12.8. The third kappa shape index (κ3) is 5.00. The highest BCUT2D eigenvalue weighted by atomic mass is 16.5. The third-order valence-corrected chi connectivity index (χ3v) is 7.77. The summed E-state index contributed by atoms with van der Waals surface area (Å²) < 4.78 is 24.2. The Morgan fingerprint density at radius 3 is 2.73 bits per heavy atom. The van der Waals surface area contributed by atoms with Crippen molar-refractivity contribution in [3.8, 4) is 17.2 Å². The summed E-state index contributed by atoms with van der Waals surface area (Å²) in [6.07, 6.45) is 11.2. The minimum Gasteiger partial charge on any atom is -0.508 e. The van der Waals surface area contributed by atoms with Crippen molar-refractivity contribution in [3.05, 3.63) is 69.3 Å². The van der Waals surface area contributed by atoms with E-state index in [1.165, 1.54) is 32.4 Å². The molecule has 1 aliphatic carbocycles. The van der Waals surface area contributed by atoms with Crippen molar-refractivity contribution >= 4 is 17.7 Å². The fourth-order valence-electron chi connectivity index (χ4n) is 5.85. The van der Waals surface area contributed by atoms with Crippen LogP contribution in [0.4, 0.5) is 0 Å². The second kappa shape index (κ2) is 10.6. The van der Waals surface area contributed by atoms with Crippen LogP contribution in [-0.4, -0.2) is 56.6 Å². The van der Waals surface area contributed by atoms with Crippen LogP contribution >= 0.6 is 0 Å². The SMILES string of the molecule is COc1cc2c(c3c1=C1CO[C@@H](c4ccc(OCCN5CCCCC5)cc4)CC1=CC(O)=C3)OCCC=2. The highest BCUT2D eigenvalue weighted by Crippen LogP contribution is 2.38. The van der Waals surface area contributed by atoms with E-state index in [9.17, 15) is 5.11 Å². The second-order valence-electron chi connectivity index (χ2n) is 10.2. The molecular weight excluding hydrogens is 466 g/mol. The molecule has 3 aliphatic heterocycles. The van der Waals surface area contributed by atoms with Crippen molar-refractivity contribution in [1.29, 1.82) is 0 Å². The standard InChI is InChI=1S/C31H35NO5/c1-34-29-17-22-6-5-14-36-31(22)26-19-24(33)16-23-18-28(37-20-27(23)30(26)29)21-7-9-25(10-8-21)35-15-13-32-11-3-2-4-12-32/h6-10,16-17,19,28,33H,2-5,11-15,18,20H2,1H3/t28-/m1/s1. The Bertz CT molecular complexity index is 1340. The van der Waals surface area contributed by atoms with Gasteiger partial charge in [0, 0.05) is 35.4 Å². The quantitative estimate of drug-likeness (QED) is 0.638. The van der Waals surface area contributed by atoms with Crippen molar-refractivity contribution in [3.63, 3.8) is 0 Å². The number of allylic oxidation sites excluding steroid dienone is 1. The van der Waals surface area contributed by atoms with Gasteiger partial charge in [0.2, 0.25) is 0 Å². The molecule has 4 aliphatic rings. The second-order valence-corrected chi connectivity index (χ2v) is 10.2. The highest BCUT2D eigenvalue weighted by molar-refractivity contribution is 5.78. The number of methoxy groups -OCH3 is 1. The molecular formula is C31H35NO5. The monoisotopic (exact) mass is 501 g/mol. The molecule has 0 saturated carbocycles. The molecule has 2 fully saturated rings. The summed E-state index contributed by atoms with van der Waals surface area (Å²) >= 11 is 0. The van der Waals surface area contributed by atoms with Gasteiger partial charge in [-0.3, -0.25) is 4.90 Å². The minimum absolute atomic E-state index is 0.0973. The van der Waals surface area contributed by atoms with Crippen LogP contribution in [0.1, 0.15) is 49.3 Å². The number of ether oxygens (including phenoxy) is 4. The number of piperidine rings is 1. The van der Waals surface area contributed by atoms with Gasteiger partial charge in [0.05, 0.1) is 26.4 Å². The number of likely N-dealkylation sites (tertiary alicyclic amines) is 1. The van der Waals surface area contributed by atoms with Crippen molar-refractivity contribution in [2.45, 2.75) is 38.2 Å². The summed E-state index contributed by atoms with van der Waals surface area (Å²) in [5.41, 5.74) is 4.06. The van der Waals surface area contributed by atoms with Crippen LogP contribution in [0.25, 0.3) is 17.7 Å². The van der Waals surface area contributed by atoms with E-state index >= 15 is 0 Å². The van der Waals surface area contributed by atoms with Crippen molar-refractivity contribution in [2.24, 2.45) is 0 Å². The van der Waals surface area contributed by atoms with Gasteiger partial charge in [0.25, 0.3) is 0 Å². The minimum atomic E-state index is -0.0973. The Morgan fingerprint density at radius 1 is 1.08 bits per heavy atom. The number of aliphatic hydroxyl groups is 1. The van der Waals surface area contributed by atoms with E-state index in [-0.39, 0.29) is 11.9 Å². The van der Waals surface area contributed by atoms with E-state index in [0.29, 0.717) is 26.2 Å². The molecule has 6 heteroatoms. The molecule has 1 atom stereocenters. The molecule has 6 nitrogen and oxygen atoms in total. The molecule has 1 N–H and O–H groups in total. The number of hydrogen-bond acceptors (Lipinski definition) is 6. The maximum Gasteiger partial charge on any atom is 0.134 e. The lowest BCUT2D eigenvalue weighted by molar-refractivity contribution is 0.0672. The highest BCUT2D eigenvalue weighted by Gasteiger charge is 2.28. The largest absolute Gasteiger partial charge is 0.508 e. The Labute approximate surface area is 218 Å². The first kappa shape index (κ1) is 24.1. The van der Waals surface area contributed by atoms with E-state index in [4.69, 9.17) is 18.9 Å². The summed E-state index contributed by atoms with van der Waals surface area (Å²) in [5.74, 6) is 2.68. The van der Waals surface area contributed by atoms with Gasteiger partial charge < -0.3 is 24.1 Å². The topological polar surface area (TPSA) is 60.4 Å². The lowest BCUT2D eigenvalue weighted by atomic mass is 9.91. The smallest absolute Gasteiger partial charge is 0.134 e. The Balaban J connectivity index is 1.22. The van der Waals surface area contributed by atoms with Crippen LogP contribution in [0, 0.1) is 0 Å². The Kier molecular flexibility index (Phi) is 6.94. The van der Waals surface area contributed by atoms with Gasteiger partial charge in [-0.15, -0.1) is 0 Å². The maximum absolute atomic E-state index is 10.8. The molecule has 37 heavy (non-hydrogen) atoms. The summed E-state index contributed by atoms with van der Waals surface area (Å²) in [7, 11) is 1.69. The van der Waals surface area contributed by atoms with Gasteiger partial charge in [-0.05, 0) is 73.0 Å². The number of rotatable bonds is 6. The lowest BCUT2D eigenvalue weighted by Crippen LogP contribution is -2.33. The fraction of sp³-hybridized carbons (Fsp3) is 0.419. The molecule has 194 valence electrons. The first-order chi connectivity index (χ1) is 18.2. The van der Waals surface area contributed by atoms with Crippen LogP contribution in [0.15, 0.2) is 47.7 Å². The molecule has 0 radical (unpaired) electrons. The number of aliphatic hydroxyl groups excluding tert-OH is 1. The molecule has 2 saturated heterocycles. The zero-order valence-corrected chi connectivity index (χ0v) is 21.5. The number of nitrogens with zero attached hydrogens (tertiary/aromatic N) is 1. The molecule has 0 aromatic heterocycles. The average molecular weight is 502 g/mol. The molecule has 2 aromatic carbocycles. The van der Waals surface area contributed by atoms with Crippen LogP contribution in [-0.2, 0) is 4.74 Å². The molecule has 0 amide bonds. The van der Waals surface area contributed by atoms with Crippen LogP contribution in [0.5, 0.6) is 17.2 Å². The number of fused-ring (bicyclic) bond motifs is 4. The first-order valence-corrected chi connectivity index (χ1v) is 13.4. The zero-order valence-electron chi connectivity index (χ0n) is 21.5. The van der Waals surface area contributed by atoms with E-state index < -0.39 is 0 Å². The van der Waals surface area contributed by atoms with Crippen LogP contribution in [0.2, 0.25) is 0 Å². The average Bonchev–Trinajstić information content (AvgIpc) is 3.09. The van der Waals surface area contributed by atoms with Gasteiger partial charge >= 0.3 is 0 Å². The van der Waals surface area contributed by atoms with Crippen LogP contribution in [0.3, 0.4) is 0 Å². The fourth-order valence-corrected chi connectivity index (χ4v) is 5.85. The van der Waals surface area contributed by atoms with Crippen molar-refractivity contribution in [2.75, 3.05) is 46.6 Å². The molecule has 6 rings (SSSR count). The normalized spacial score (nSPS) is 21.2. The summed E-state index contributed by atoms with van der Waals surface area (Å²) in [6, 6.07) is 10.3. The molecule has 2 aromatic rings. The summed E-state index contributed by atoms with van der Waals surface area (Å²) in [6.45, 7) is 5.12. The van der Waals surface area contributed by atoms with Crippen molar-refractivity contribution in [1.82, 2.24) is 4.90 Å². The maximum atomic E-state index is 10.8. The van der Waals surface area contributed by atoms with E-state index in [0.717, 1.165) is 62.9 Å². The van der Waals surface area contributed by atoms with Gasteiger partial charge in [-0.25, -0.2) is 0 Å². The van der Waals surface area contributed by atoms with Gasteiger partial charge in [0.15, 0.2) is 0 Å². The zero-order chi connectivity index (χ0) is 25.2. The number of benzene rings is 2. The third-order valence-electron chi connectivity index (χ3n) is 7.77. The Morgan fingerprint density at radius 2 is 1.92 bits per heavy atom. The molecule has 0 bridgehead atoms. The predicted octanol–water partition coefficient (Wildman–Crippen LogP) is 4.27.